The smallest absolute Gasteiger partial charge is 0.419 e. The average molecular weight is 477 g/mol. The number of nitrogens with zero attached hydrogens (tertiary/aromatic N) is 1. The topological polar surface area (TPSA) is 75.6 Å². The number of benzene rings is 1. The molecule has 0 N–H and O–H groups in total. The van der Waals surface area contributed by atoms with Gasteiger partial charge in [0.15, 0.2) is 0 Å². The Kier molecular flexibility index (Phi) is 9.96. The van der Waals surface area contributed by atoms with E-state index in [2.05, 4.69) is 4.99 Å². The minimum atomic E-state index is -4.91. The lowest BCUT2D eigenvalue weighted by molar-refractivity contribution is -0.302. The summed E-state index contributed by atoms with van der Waals surface area (Å²) in [5, 5.41) is 0. The molecule has 2 rings (SSSR count). The Morgan fingerprint density at radius 1 is 1.03 bits per heavy atom. The van der Waals surface area contributed by atoms with Gasteiger partial charge in [0, 0.05) is 37.5 Å². The molecule has 1 aromatic rings. The summed E-state index contributed by atoms with van der Waals surface area (Å²) < 4.78 is 70.3. The molecule has 1 heterocycles. The van der Waals surface area contributed by atoms with Crippen molar-refractivity contribution in [2.24, 2.45) is 10.9 Å². The Morgan fingerprint density at radius 2 is 1.70 bits per heavy atom. The number of methoxy groups -OCH3 is 2. The monoisotopic (exact) mass is 477 g/mol. The second-order valence-electron chi connectivity index (χ2n) is 7.27. The van der Waals surface area contributed by atoms with E-state index in [1.165, 1.54) is 27.2 Å². The molecule has 1 aliphatic rings. The SMILES string of the molecule is COCCOOCC1C(C)=NC(C)=C(C(=O)OCCOC)C1c1cccc(C(F)(F)F)c1F. The molecule has 0 spiro atoms. The fourth-order valence-corrected chi connectivity index (χ4v) is 3.54. The largest absolute Gasteiger partial charge is 0.460 e. The highest BCUT2D eigenvalue weighted by molar-refractivity contribution is 5.97. The van der Waals surface area contributed by atoms with Gasteiger partial charge in [0.2, 0.25) is 0 Å². The first kappa shape index (κ1) is 26.9. The van der Waals surface area contributed by atoms with Gasteiger partial charge in [-0.2, -0.15) is 13.2 Å². The highest BCUT2D eigenvalue weighted by Crippen LogP contribution is 2.43. The number of halogens is 4. The lowest BCUT2D eigenvalue weighted by Gasteiger charge is -2.33. The Bertz CT molecular complexity index is 884. The first-order chi connectivity index (χ1) is 15.6. The van der Waals surface area contributed by atoms with E-state index in [9.17, 15) is 18.0 Å². The molecule has 2 unspecified atom stereocenters. The average Bonchev–Trinajstić information content (AvgIpc) is 2.74. The van der Waals surface area contributed by atoms with Crippen molar-refractivity contribution in [3.05, 3.63) is 46.4 Å². The molecule has 0 aliphatic carbocycles. The minimum absolute atomic E-state index is 0.0552. The maximum absolute atomic E-state index is 15.2. The Morgan fingerprint density at radius 3 is 2.33 bits per heavy atom. The van der Waals surface area contributed by atoms with E-state index in [0.717, 1.165) is 6.07 Å². The number of carbonyl (C=O) groups is 1. The molecule has 11 heteroatoms. The van der Waals surface area contributed by atoms with Crippen LogP contribution in [0.3, 0.4) is 0 Å². The summed E-state index contributed by atoms with van der Waals surface area (Å²) in [5.41, 5.74) is -1.14. The molecule has 2 atom stereocenters. The van der Waals surface area contributed by atoms with Crippen LogP contribution < -0.4 is 0 Å². The van der Waals surface area contributed by atoms with Gasteiger partial charge in [0.1, 0.15) is 19.0 Å². The van der Waals surface area contributed by atoms with Crippen LogP contribution in [0.1, 0.15) is 30.9 Å². The van der Waals surface area contributed by atoms with Crippen molar-refractivity contribution in [2.45, 2.75) is 25.9 Å². The van der Waals surface area contributed by atoms with Crippen LogP contribution in [0.2, 0.25) is 0 Å². The molecule has 0 aromatic heterocycles. The molecule has 7 nitrogen and oxygen atoms in total. The second kappa shape index (κ2) is 12.2. The molecule has 0 fully saturated rings. The predicted molar refractivity (Wildman–Crippen MR) is 110 cm³/mol. The molecule has 0 saturated carbocycles. The van der Waals surface area contributed by atoms with E-state index < -0.39 is 35.4 Å². The number of ether oxygens (including phenoxy) is 3. The molecule has 184 valence electrons. The molecule has 0 bridgehead atoms. The summed E-state index contributed by atoms with van der Waals surface area (Å²) >= 11 is 0. The summed E-state index contributed by atoms with van der Waals surface area (Å²) in [7, 11) is 2.90. The van der Waals surface area contributed by atoms with Crippen LogP contribution in [0.5, 0.6) is 0 Å². The molecule has 1 aliphatic heterocycles. The van der Waals surface area contributed by atoms with Crippen LogP contribution in [0.15, 0.2) is 34.5 Å². The van der Waals surface area contributed by atoms with Gasteiger partial charge in [-0.25, -0.2) is 19.0 Å². The van der Waals surface area contributed by atoms with Crippen LogP contribution in [0.25, 0.3) is 0 Å². The van der Waals surface area contributed by atoms with Gasteiger partial charge >= 0.3 is 12.1 Å². The van der Waals surface area contributed by atoms with Crippen molar-refractivity contribution in [3.8, 4) is 0 Å². The summed E-state index contributed by atoms with van der Waals surface area (Å²) in [6.45, 7) is 3.32. The van der Waals surface area contributed by atoms with Gasteiger partial charge in [0.25, 0.3) is 0 Å². The number of carbonyl (C=O) groups excluding carboxylic acids is 1. The van der Waals surface area contributed by atoms with Crippen molar-refractivity contribution in [3.63, 3.8) is 0 Å². The van der Waals surface area contributed by atoms with E-state index >= 15 is 4.39 Å². The van der Waals surface area contributed by atoms with Crippen LogP contribution >= 0.6 is 0 Å². The second-order valence-corrected chi connectivity index (χ2v) is 7.27. The normalized spacial score (nSPS) is 19.0. The van der Waals surface area contributed by atoms with Crippen LogP contribution in [-0.4, -0.2) is 58.9 Å². The maximum atomic E-state index is 15.2. The number of alkyl halides is 3. The van der Waals surface area contributed by atoms with E-state index in [4.69, 9.17) is 24.0 Å². The van der Waals surface area contributed by atoms with E-state index in [1.807, 2.05) is 0 Å². The lowest BCUT2D eigenvalue weighted by atomic mass is 9.75. The fourth-order valence-electron chi connectivity index (χ4n) is 3.54. The van der Waals surface area contributed by atoms with Crippen molar-refractivity contribution in [1.29, 1.82) is 0 Å². The molecule has 1 aromatic carbocycles. The first-order valence-electron chi connectivity index (χ1n) is 10.1. The number of allylic oxidation sites excluding steroid dienone is 1. The third-order valence-electron chi connectivity index (χ3n) is 5.10. The highest BCUT2D eigenvalue weighted by atomic mass is 19.4. The Hall–Kier alpha value is -2.34. The highest BCUT2D eigenvalue weighted by Gasteiger charge is 2.42. The zero-order valence-corrected chi connectivity index (χ0v) is 18.8. The van der Waals surface area contributed by atoms with Gasteiger partial charge < -0.3 is 14.2 Å². The van der Waals surface area contributed by atoms with Crippen molar-refractivity contribution >= 4 is 11.7 Å². The van der Waals surface area contributed by atoms with Gasteiger partial charge in [-0.05, 0) is 25.5 Å². The van der Waals surface area contributed by atoms with E-state index in [0.29, 0.717) is 11.8 Å². The van der Waals surface area contributed by atoms with Gasteiger partial charge in [-0.1, -0.05) is 12.1 Å². The van der Waals surface area contributed by atoms with Crippen molar-refractivity contribution in [1.82, 2.24) is 0 Å². The molecule has 0 radical (unpaired) electrons. The van der Waals surface area contributed by atoms with Crippen LogP contribution in [0.4, 0.5) is 17.6 Å². The molecule has 0 saturated heterocycles. The minimum Gasteiger partial charge on any atom is -0.460 e. The third-order valence-corrected chi connectivity index (χ3v) is 5.10. The Balaban J connectivity index is 2.51. The van der Waals surface area contributed by atoms with Gasteiger partial charge in [-0.3, -0.25) is 4.99 Å². The lowest BCUT2D eigenvalue weighted by Crippen LogP contribution is -2.34. The van der Waals surface area contributed by atoms with E-state index in [1.54, 1.807) is 6.92 Å². The zero-order chi connectivity index (χ0) is 24.6. The number of esters is 1. The summed E-state index contributed by atoms with van der Waals surface area (Å²) in [5.74, 6) is -4.23. The van der Waals surface area contributed by atoms with Crippen LogP contribution in [-0.2, 0) is 35.0 Å². The number of hydrogen-bond acceptors (Lipinski definition) is 7. The molecular formula is C22H27F4NO6. The quantitative estimate of drug-likeness (QED) is 0.157. The van der Waals surface area contributed by atoms with E-state index in [-0.39, 0.29) is 49.9 Å². The number of aliphatic imine (C=N–C) groups is 1. The first-order valence-corrected chi connectivity index (χ1v) is 10.1. The maximum Gasteiger partial charge on any atom is 0.419 e. The molecule has 0 amide bonds. The number of rotatable bonds is 11. The summed E-state index contributed by atoms with van der Waals surface area (Å²) in [6.07, 6.45) is -4.91. The fraction of sp³-hybridized carbons (Fsp3) is 0.545. The van der Waals surface area contributed by atoms with Crippen molar-refractivity contribution in [2.75, 3.05) is 47.3 Å². The summed E-state index contributed by atoms with van der Waals surface area (Å²) in [6, 6.07) is 2.95. The summed E-state index contributed by atoms with van der Waals surface area (Å²) in [4.78, 5) is 27.4. The number of hydrogen-bond donors (Lipinski definition) is 0. The standard InChI is InChI=1S/C22H27F4NO6/c1-13-16(12-33-32-11-9-30-4)19(15-6-5-7-17(20(15)23)22(24,25)26)18(14(2)27-13)21(28)31-10-8-29-3/h5-7,16,19H,8-12H2,1-4H3. The molecular weight excluding hydrogens is 450 g/mol. The third kappa shape index (κ3) is 6.83. The van der Waals surface area contributed by atoms with Crippen LogP contribution in [0, 0.1) is 11.7 Å². The van der Waals surface area contributed by atoms with Gasteiger partial charge in [-0.15, -0.1) is 0 Å². The zero-order valence-electron chi connectivity index (χ0n) is 18.8. The van der Waals surface area contributed by atoms with Crippen molar-refractivity contribution < 1.29 is 46.3 Å². The molecule has 33 heavy (non-hydrogen) atoms. The Labute approximate surface area is 189 Å². The van der Waals surface area contributed by atoms with Gasteiger partial charge in [0.05, 0.1) is 31.0 Å². The predicted octanol–water partition coefficient (Wildman–Crippen LogP) is 4.08.